The second-order valence-corrected chi connectivity index (χ2v) is 5.00. The predicted molar refractivity (Wildman–Crippen MR) is 82.4 cm³/mol. The molecule has 0 saturated carbocycles. The van der Waals surface area contributed by atoms with Crippen LogP contribution in [0.4, 0.5) is 8.78 Å². The Kier molecular flexibility index (Phi) is 3.73. The van der Waals surface area contributed by atoms with Crippen molar-refractivity contribution in [3.63, 3.8) is 0 Å². The van der Waals surface area contributed by atoms with E-state index in [0.29, 0.717) is 10.9 Å². The monoisotopic (exact) mass is 318 g/mol. The lowest BCUT2D eigenvalue weighted by atomic mass is 10.2. The van der Waals surface area contributed by atoms with Crippen molar-refractivity contribution in [2.24, 2.45) is 0 Å². The number of hydrogen-bond acceptors (Lipinski definition) is 2. The van der Waals surface area contributed by atoms with Gasteiger partial charge in [-0.2, -0.15) is 0 Å². The van der Waals surface area contributed by atoms with Crippen molar-refractivity contribution < 1.29 is 8.78 Å². The summed E-state index contributed by atoms with van der Waals surface area (Å²) in [6.07, 6.45) is 1.22. The number of para-hydroxylation sites is 1. The molecule has 3 nitrogen and oxygen atoms in total. The largest absolute Gasteiger partial charge is 0.305 e. The van der Waals surface area contributed by atoms with Gasteiger partial charge in [0.05, 0.1) is 15.9 Å². The van der Waals surface area contributed by atoms with Crippen molar-refractivity contribution in [2.75, 3.05) is 0 Å². The molecule has 3 rings (SSSR count). The van der Waals surface area contributed by atoms with Gasteiger partial charge in [0.25, 0.3) is 5.56 Å². The summed E-state index contributed by atoms with van der Waals surface area (Å²) in [5.74, 6) is -1.12. The summed E-state index contributed by atoms with van der Waals surface area (Å²) in [5, 5.41) is 0.431. The first-order valence-corrected chi connectivity index (χ1v) is 6.74. The maximum absolute atomic E-state index is 13.6. The Labute approximate surface area is 128 Å². The molecule has 0 bridgehead atoms. The highest BCUT2D eigenvalue weighted by molar-refractivity contribution is 6.50. The van der Waals surface area contributed by atoms with Crippen LogP contribution in [0, 0.1) is 11.6 Å². The van der Waals surface area contributed by atoms with Gasteiger partial charge >= 0.3 is 0 Å². The fourth-order valence-corrected chi connectivity index (χ4v) is 2.24. The topological polar surface area (TPSA) is 45.8 Å². The number of hydrogen-bond donors (Lipinski definition) is 1. The number of aromatic nitrogens is 2. The fourth-order valence-electron chi connectivity index (χ4n) is 2.03. The molecule has 0 aliphatic carbocycles. The summed E-state index contributed by atoms with van der Waals surface area (Å²) in [5.41, 5.74) is 0.0835. The molecule has 6 heteroatoms. The number of nitrogens with zero attached hydrogens (tertiary/aromatic N) is 1. The molecule has 110 valence electrons. The van der Waals surface area contributed by atoms with E-state index in [1.54, 1.807) is 24.3 Å². The fraction of sp³-hybridized carbons (Fsp3) is 0. The van der Waals surface area contributed by atoms with Crippen LogP contribution in [0.1, 0.15) is 11.4 Å². The van der Waals surface area contributed by atoms with Crippen LogP contribution in [0.15, 0.2) is 47.3 Å². The summed E-state index contributed by atoms with van der Waals surface area (Å²) in [4.78, 5) is 18.7. The number of benzene rings is 2. The van der Waals surface area contributed by atoms with Crippen LogP contribution >= 0.6 is 11.6 Å². The smallest absolute Gasteiger partial charge is 0.259 e. The van der Waals surface area contributed by atoms with Gasteiger partial charge in [0.1, 0.15) is 11.6 Å². The molecule has 0 unspecified atom stereocenters. The zero-order chi connectivity index (χ0) is 15.7. The van der Waals surface area contributed by atoms with E-state index in [9.17, 15) is 13.6 Å². The Balaban J connectivity index is 2.12. The van der Waals surface area contributed by atoms with E-state index >= 15 is 0 Å². The van der Waals surface area contributed by atoms with Gasteiger partial charge in [0, 0.05) is 5.56 Å². The molecule has 1 aromatic heterocycles. The summed E-state index contributed by atoms with van der Waals surface area (Å²) < 4.78 is 26.8. The van der Waals surface area contributed by atoms with E-state index in [1.165, 1.54) is 6.08 Å². The van der Waals surface area contributed by atoms with Crippen LogP contribution < -0.4 is 5.56 Å². The Morgan fingerprint density at radius 1 is 1.18 bits per heavy atom. The first-order valence-electron chi connectivity index (χ1n) is 6.36. The van der Waals surface area contributed by atoms with Crippen molar-refractivity contribution in [3.05, 3.63) is 75.8 Å². The minimum Gasteiger partial charge on any atom is -0.305 e. The zero-order valence-corrected chi connectivity index (χ0v) is 11.9. The van der Waals surface area contributed by atoms with E-state index in [2.05, 4.69) is 9.97 Å². The van der Waals surface area contributed by atoms with Crippen molar-refractivity contribution in [1.29, 1.82) is 0 Å². The van der Waals surface area contributed by atoms with Gasteiger partial charge in [0.15, 0.2) is 5.82 Å². The summed E-state index contributed by atoms with van der Waals surface area (Å²) in [6.45, 7) is 0. The zero-order valence-electron chi connectivity index (χ0n) is 11.1. The Bertz CT molecular complexity index is 950. The lowest BCUT2D eigenvalue weighted by Crippen LogP contribution is -2.10. The van der Waals surface area contributed by atoms with Gasteiger partial charge in [-0.15, -0.1) is 0 Å². The molecule has 0 radical (unpaired) electrons. The molecule has 0 atom stereocenters. The molecule has 0 saturated heterocycles. The van der Waals surface area contributed by atoms with Gasteiger partial charge in [-0.3, -0.25) is 4.79 Å². The first kappa shape index (κ1) is 14.4. The van der Waals surface area contributed by atoms with E-state index in [1.807, 2.05) is 0 Å². The van der Waals surface area contributed by atoms with Gasteiger partial charge in [0.2, 0.25) is 0 Å². The standard InChI is InChI=1S/C16H9ClF2N2O/c17-12(8-9-7-10(18)5-6-13(9)19)15-20-14-4-2-1-3-11(14)16(22)21-15/h1-8H,(H,20,21,22). The van der Waals surface area contributed by atoms with Crippen LogP contribution in [0.3, 0.4) is 0 Å². The molecular weight excluding hydrogens is 310 g/mol. The average Bonchev–Trinajstić information content (AvgIpc) is 2.51. The molecule has 0 spiro atoms. The van der Waals surface area contributed by atoms with Crippen molar-refractivity contribution in [1.82, 2.24) is 9.97 Å². The first-order chi connectivity index (χ1) is 10.5. The van der Waals surface area contributed by atoms with E-state index in [4.69, 9.17) is 11.6 Å². The Morgan fingerprint density at radius 3 is 2.77 bits per heavy atom. The minimum atomic E-state index is -0.623. The number of halogens is 3. The van der Waals surface area contributed by atoms with Crippen LogP contribution in [-0.4, -0.2) is 9.97 Å². The third-order valence-corrected chi connectivity index (χ3v) is 3.37. The number of fused-ring (bicyclic) bond motifs is 1. The van der Waals surface area contributed by atoms with Gasteiger partial charge in [-0.05, 0) is 36.4 Å². The molecule has 22 heavy (non-hydrogen) atoms. The van der Waals surface area contributed by atoms with E-state index < -0.39 is 11.6 Å². The van der Waals surface area contributed by atoms with Gasteiger partial charge in [-0.25, -0.2) is 13.8 Å². The van der Waals surface area contributed by atoms with Crippen LogP contribution in [0.25, 0.3) is 22.0 Å². The maximum Gasteiger partial charge on any atom is 0.259 e. The van der Waals surface area contributed by atoms with Crippen LogP contribution in [0.5, 0.6) is 0 Å². The van der Waals surface area contributed by atoms with Crippen molar-refractivity contribution >= 4 is 33.6 Å². The third-order valence-electron chi connectivity index (χ3n) is 3.08. The highest BCUT2D eigenvalue weighted by atomic mass is 35.5. The molecule has 2 aromatic carbocycles. The van der Waals surface area contributed by atoms with Crippen molar-refractivity contribution in [2.45, 2.75) is 0 Å². The third kappa shape index (κ3) is 2.76. The second kappa shape index (κ2) is 5.69. The Hall–Kier alpha value is -2.53. The number of H-pyrrole nitrogens is 1. The number of nitrogens with one attached hydrogen (secondary N) is 1. The average molecular weight is 319 g/mol. The van der Waals surface area contributed by atoms with Crippen LogP contribution in [-0.2, 0) is 0 Å². The molecule has 3 aromatic rings. The summed E-state index contributed by atoms with van der Waals surface area (Å²) in [7, 11) is 0. The Morgan fingerprint density at radius 2 is 1.95 bits per heavy atom. The van der Waals surface area contributed by atoms with Gasteiger partial charge in [-0.1, -0.05) is 23.7 Å². The molecule has 0 aliphatic heterocycles. The molecule has 1 heterocycles. The van der Waals surface area contributed by atoms with E-state index in [0.717, 1.165) is 18.2 Å². The second-order valence-electron chi connectivity index (χ2n) is 4.59. The predicted octanol–water partition coefficient (Wildman–Crippen LogP) is 3.94. The normalized spacial score (nSPS) is 11.9. The molecule has 0 amide bonds. The highest BCUT2D eigenvalue weighted by Crippen LogP contribution is 2.21. The number of rotatable bonds is 2. The SMILES string of the molecule is O=c1[nH]c(C(Cl)=Cc2cc(F)ccc2F)nc2ccccc12. The molecule has 0 fully saturated rings. The lowest BCUT2D eigenvalue weighted by Gasteiger charge is -2.03. The molecular formula is C16H9ClF2N2O. The minimum absolute atomic E-state index is 0.00681. The summed E-state index contributed by atoms with van der Waals surface area (Å²) in [6, 6.07) is 9.78. The number of aromatic amines is 1. The lowest BCUT2D eigenvalue weighted by molar-refractivity contribution is 0.598. The van der Waals surface area contributed by atoms with E-state index in [-0.39, 0.29) is 22.0 Å². The van der Waals surface area contributed by atoms with Crippen molar-refractivity contribution in [3.8, 4) is 0 Å². The molecule has 1 N–H and O–H groups in total. The van der Waals surface area contributed by atoms with Gasteiger partial charge < -0.3 is 4.98 Å². The maximum atomic E-state index is 13.6. The summed E-state index contributed by atoms with van der Waals surface area (Å²) >= 11 is 6.08. The quantitative estimate of drug-likeness (QED) is 0.778. The molecule has 0 aliphatic rings. The highest BCUT2D eigenvalue weighted by Gasteiger charge is 2.08. The van der Waals surface area contributed by atoms with Crippen LogP contribution in [0.2, 0.25) is 0 Å².